The van der Waals surface area contributed by atoms with Crippen molar-refractivity contribution in [3.8, 4) is 0 Å². The molecule has 0 atom stereocenters. The third-order valence-corrected chi connectivity index (χ3v) is 4.05. The Kier molecular flexibility index (Phi) is 3.60. The minimum Gasteiger partial charge on any atom is -0.444 e. The van der Waals surface area contributed by atoms with E-state index in [9.17, 15) is 9.59 Å². The van der Waals surface area contributed by atoms with E-state index in [0.29, 0.717) is 17.5 Å². The van der Waals surface area contributed by atoms with E-state index in [-0.39, 0.29) is 22.7 Å². The van der Waals surface area contributed by atoms with Crippen LogP contribution in [0.1, 0.15) is 57.1 Å². The Hall–Kier alpha value is -2.88. The number of rotatable bonds is 1. The van der Waals surface area contributed by atoms with Crippen LogP contribution in [0, 0.1) is 6.57 Å². The zero-order chi connectivity index (χ0) is 18.6. The monoisotopic (exact) mass is 340 g/mol. The standard InChI is InChI=1S/C18H20N4O3/c1-17(2,3)25-16(24)20-15-13(19-6)11-8-7-10-12(23)9-18(4,5)14(10)22(11)21-15/h7-8H,9H2,1-5H3,(H,20,21,24). The second kappa shape index (κ2) is 5.31. The molecule has 0 unspecified atom stereocenters. The fourth-order valence-electron chi connectivity index (χ4n) is 3.15. The predicted octanol–water partition coefficient (Wildman–Crippen LogP) is 4.10. The number of hydrogen-bond donors (Lipinski definition) is 1. The first-order valence-corrected chi connectivity index (χ1v) is 8.00. The van der Waals surface area contributed by atoms with Gasteiger partial charge >= 0.3 is 6.09 Å². The van der Waals surface area contributed by atoms with E-state index in [1.54, 1.807) is 37.4 Å². The minimum absolute atomic E-state index is 0.0587. The highest BCUT2D eigenvalue weighted by Gasteiger charge is 2.39. The van der Waals surface area contributed by atoms with Gasteiger partial charge in [0.05, 0.1) is 17.8 Å². The molecule has 0 saturated heterocycles. The fraction of sp³-hybridized carbons (Fsp3) is 0.444. The highest BCUT2D eigenvalue weighted by atomic mass is 16.6. The lowest BCUT2D eigenvalue weighted by Gasteiger charge is -2.19. The topological polar surface area (TPSA) is 77.1 Å². The van der Waals surface area contributed by atoms with E-state index < -0.39 is 11.7 Å². The zero-order valence-electron chi connectivity index (χ0n) is 14.9. The second-order valence-corrected chi connectivity index (χ2v) is 7.81. The van der Waals surface area contributed by atoms with Crippen LogP contribution in [0.5, 0.6) is 0 Å². The summed E-state index contributed by atoms with van der Waals surface area (Å²) in [6, 6.07) is 3.42. The fourth-order valence-corrected chi connectivity index (χ4v) is 3.15. The number of nitrogens with one attached hydrogen (secondary N) is 1. The summed E-state index contributed by atoms with van der Waals surface area (Å²) in [4.78, 5) is 27.8. The van der Waals surface area contributed by atoms with Gasteiger partial charge in [-0.2, -0.15) is 5.10 Å². The lowest BCUT2D eigenvalue weighted by atomic mass is 9.90. The highest BCUT2D eigenvalue weighted by molar-refractivity contribution is 6.03. The number of ketones is 1. The molecular formula is C18H20N4O3. The van der Waals surface area contributed by atoms with Crippen LogP contribution in [0.15, 0.2) is 12.1 Å². The van der Waals surface area contributed by atoms with Gasteiger partial charge in [0.2, 0.25) is 0 Å². The molecule has 1 aliphatic carbocycles. The van der Waals surface area contributed by atoms with Crippen molar-refractivity contribution in [2.75, 3.05) is 5.32 Å². The van der Waals surface area contributed by atoms with Crippen molar-refractivity contribution in [2.45, 2.75) is 52.1 Å². The summed E-state index contributed by atoms with van der Waals surface area (Å²) in [6.07, 6.45) is -0.281. The molecule has 0 aliphatic heterocycles. The summed E-state index contributed by atoms with van der Waals surface area (Å²) >= 11 is 0. The smallest absolute Gasteiger partial charge is 0.412 e. The maximum Gasteiger partial charge on any atom is 0.412 e. The molecule has 1 aliphatic rings. The number of hydrogen-bond acceptors (Lipinski definition) is 4. The summed E-state index contributed by atoms with van der Waals surface area (Å²) in [5.74, 6) is 0.191. The summed E-state index contributed by atoms with van der Waals surface area (Å²) < 4.78 is 6.83. The average Bonchev–Trinajstić information content (AvgIpc) is 2.90. The first kappa shape index (κ1) is 17.0. The van der Waals surface area contributed by atoms with Crippen LogP contribution in [-0.4, -0.2) is 27.1 Å². The van der Waals surface area contributed by atoms with Crippen molar-refractivity contribution < 1.29 is 14.3 Å². The van der Waals surface area contributed by atoms with Crippen LogP contribution >= 0.6 is 0 Å². The molecule has 3 rings (SSSR count). The molecule has 0 saturated carbocycles. The normalized spacial score (nSPS) is 15.8. The van der Waals surface area contributed by atoms with Gasteiger partial charge in [-0.1, -0.05) is 13.8 Å². The maximum absolute atomic E-state index is 12.2. The van der Waals surface area contributed by atoms with Crippen LogP contribution in [0.25, 0.3) is 10.4 Å². The summed E-state index contributed by atoms with van der Waals surface area (Å²) in [6.45, 7) is 16.7. The Morgan fingerprint density at radius 3 is 2.68 bits per heavy atom. The maximum atomic E-state index is 12.2. The number of carbonyl (C=O) groups is 2. The van der Waals surface area contributed by atoms with E-state index in [2.05, 4.69) is 15.3 Å². The molecular weight excluding hydrogens is 320 g/mol. The Balaban J connectivity index is 2.12. The Labute approximate surface area is 145 Å². The quantitative estimate of drug-likeness (QED) is 0.793. The van der Waals surface area contributed by atoms with Gasteiger partial charge in [-0.15, -0.1) is 0 Å². The van der Waals surface area contributed by atoms with Crippen molar-refractivity contribution in [2.24, 2.45) is 0 Å². The van der Waals surface area contributed by atoms with Gasteiger partial charge in [-0.3, -0.25) is 10.1 Å². The number of carbonyl (C=O) groups excluding carboxylic acids is 2. The van der Waals surface area contributed by atoms with Crippen LogP contribution in [0.4, 0.5) is 16.3 Å². The summed E-state index contributed by atoms with van der Waals surface area (Å²) in [5, 5.41) is 6.94. The zero-order valence-corrected chi connectivity index (χ0v) is 14.9. The Morgan fingerprint density at radius 2 is 2.08 bits per heavy atom. The Bertz CT molecular complexity index is 942. The van der Waals surface area contributed by atoms with Crippen molar-refractivity contribution in [1.29, 1.82) is 0 Å². The summed E-state index contributed by atoms with van der Waals surface area (Å²) in [5.41, 5.74) is 1.11. The lowest BCUT2D eigenvalue weighted by Crippen LogP contribution is -2.27. The van der Waals surface area contributed by atoms with Crippen LogP contribution in [0.3, 0.4) is 0 Å². The number of fused-ring (bicyclic) bond motifs is 3. The van der Waals surface area contributed by atoms with Gasteiger partial charge < -0.3 is 4.74 Å². The van der Waals surface area contributed by atoms with Crippen molar-refractivity contribution >= 4 is 28.9 Å². The van der Waals surface area contributed by atoms with Gasteiger partial charge in [0.15, 0.2) is 11.6 Å². The molecule has 0 aromatic carbocycles. The van der Waals surface area contributed by atoms with E-state index in [0.717, 1.165) is 5.69 Å². The first-order chi connectivity index (χ1) is 11.5. The number of nitrogens with zero attached hydrogens (tertiary/aromatic N) is 3. The molecule has 7 heteroatoms. The van der Waals surface area contributed by atoms with E-state index in [4.69, 9.17) is 11.3 Å². The molecule has 1 N–H and O–H groups in total. The molecule has 0 fully saturated rings. The Morgan fingerprint density at radius 1 is 1.40 bits per heavy atom. The van der Waals surface area contributed by atoms with E-state index in [1.807, 2.05) is 13.8 Å². The molecule has 1 amide bonds. The van der Waals surface area contributed by atoms with E-state index in [1.165, 1.54) is 0 Å². The van der Waals surface area contributed by atoms with Crippen LogP contribution in [0.2, 0.25) is 0 Å². The SMILES string of the molecule is [C-]#[N+]c1c(NC(=O)OC(C)(C)C)nn2c3c(ccc12)C(=O)CC3(C)C. The average molecular weight is 340 g/mol. The molecule has 0 bridgehead atoms. The van der Waals surface area contributed by atoms with Crippen LogP contribution in [-0.2, 0) is 10.2 Å². The van der Waals surface area contributed by atoms with Gasteiger partial charge in [-0.25, -0.2) is 14.2 Å². The largest absolute Gasteiger partial charge is 0.444 e. The molecule has 2 heterocycles. The predicted molar refractivity (Wildman–Crippen MR) is 93.3 cm³/mol. The lowest BCUT2D eigenvalue weighted by molar-refractivity contribution is 0.0635. The molecule has 0 radical (unpaired) electrons. The molecule has 2 aromatic rings. The van der Waals surface area contributed by atoms with Crippen molar-refractivity contribution in [3.63, 3.8) is 0 Å². The molecule has 0 spiro atoms. The van der Waals surface area contributed by atoms with Crippen molar-refractivity contribution in [3.05, 3.63) is 34.8 Å². The number of aromatic nitrogens is 2. The van der Waals surface area contributed by atoms with Gasteiger partial charge in [0.25, 0.3) is 5.69 Å². The van der Waals surface area contributed by atoms with E-state index >= 15 is 0 Å². The number of amides is 1. The van der Waals surface area contributed by atoms with Crippen LogP contribution < -0.4 is 5.32 Å². The third-order valence-electron chi connectivity index (χ3n) is 4.05. The molecule has 2 aromatic heterocycles. The van der Waals surface area contributed by atoms with Crippen molar-refractivity contribution in [1.82, 2.24) is 9.61 Å². The molecule has 7 nitrogen and oxygen atoms in total. The number of anilines is 1. The summed E-state index contributed by atoms with van der Waals surface area (Å²) in [7, 11) is 0. The van der Waals surface area contributed by atoms with Gasteiger partial charge in [-0.05, 0) is 32.9 Å². The highest BCUT2D eigenvalue weighted by Crippen LogP contribution is 2.41. The van der Waals surface area contributed by atoms with Gasteiger partial charge in [0, 0.05) is 17.4 Å². The molecule has 130 valence electrons. The number of pyridine rings is 1. The number of Topliss-reactive ketones (excluding diaryl/α,β-unsaturated/α-hetero) is 1. The van der Waals surface area contributed by atoms with Gasteiger partial charge in [0.1, 0.15) is 5.60 Å². The first-order valence-electron chi connectivity index (χ1n) is 8.00. The minimum atomic E-state index is -0.673. The number of ether oxygens (including phenoxy) is 1. The third kappa shape index (κ3) is 2.84. The molecule has 25 heavy (non-hydrogen) atoms. The second-order valence-electron chi connectivity index (χ2n) is 7.81.